The van der Waals surface area contributed by atoms with Crippen LogP contribution in [0.1, 0.15) is 52.9 Å². The van der Waals surface area contributed by atoms with Crippen LogP contribution in [-0.4, -0.2) is 24.4 Å². The molecule has 1 unspecified atom stereocenters. The van der Waals surface area contributed by atoms with Crippen LogP contribution in [-0.2, 0) is 4.74 Å². The zero-order chi connectivity index (χ0) is 11.5. The average molecular weight is 214 g/mol. The molecular weight excluding hydrogens is 188 g/mol. The van der Waals surface area contributed by atoms with Crippen LogP contribution in [0.4, 0.5) is 0 Å². The van der Waals surface area contributed by atoms with Gasteiger partial charge in [-0.25, -0.2) is 0 Å². The molecule has 0 aliphatic heterocycles. The summed E-state index contributed by atoms with van der Waals surface area (Å²) in [6.45, 7) is 7.50. The summed E-state index contributed by atoms with van der Waals surface area (Å²) < 4.78 is 5.08. The second kappa shape index (κ2) is 4.84. The standard InChI is InChI=1S/C13H26O2/c1-11(5-10-15-4)13(14)8-6-12(2,3)7-9-13/h11,14H,5-10H2,1-4H3. The third-order valence-corrected chi connectivity index (χ3v) is 4.14. The van der Waals surface area contributed by atoms with Crippen LogP contribution in [0.2, 0.25) is 0 Å². The van der Waals surface area contributed by atoms with Gasteiger partial charge in [0.15, 0.2) is 0 Å². The van der Waals surface area contributed by atoms with Gasteiger partial charge in [-0.15, -0.1) is 0 Å². The van der Waals surface area contributed by atoms with E-state index < -0.39 is 5.60 Å². The Kier molecular flexibility index (Phi) is 4.19. The van der Waals surface area contributed by atoms with Crippen LogP contribution >= 0.6 is 0 Å². The van der Waals surface area contributed by atoms with Crippen molar-refractivity contribution in [3.05, 3.63) is 0 Å². The zero-order valence-electron chi connectivity index (χ0n) is 10.7. The maximum Gasteiger partial charge on any atom is 0.0674 e. The van der Waals surface area contributed by atoms with E-state index in [1.807, 2.05) is 0 Å². The molecule has 0 radical (unpaired) electrons. The van der Waals surface area contributed by atoms with Gasteiger partial charge in [-0.3, -0.25) is 0 Å². The lowest BCUT2D eigenvalue weighted by atomic mass is 9.66. The molecule has 15 heavy (non-hydrogen) atoms. The molecule has 1 fully saturated rings. The van der Waals surface area contributed by atoms with Crippen LogP contribution in [0.25, 0.3) is 0 Å². The molecule has 0 aromatic rings. The summed E-state index contributed by atoms with van der Waals surface area (Å²) in [6.07, 6.45) is 5.14. The van der Waals surface area contributed by atoms with E-state index in [-0.39, 0.29) is 0 Å². The van der Waals surface area contributed by atoms with Crippen molar-refractivity contribution in [2.45, 2.75) is 58.5 Å². The van der Waals surface area contributed by atoms with Crippen LogP contribution in [0.5, 0.6) is 0 Å². The molecule has 2 heteroatoms. The van der Waals surface area contributed by atoms with Crippen LogP contribution in [0.3, 0.4) is 0 Å². The highest BCUT2D eigenvalue weighted by atomic mass is 16.5. The molecule has 0 amide bonds. The van der Waals surface area contributed by atoms with Crippen molar-refractivity contribution in [3.63, 3.8) is 0 Å². The molecule has 2 nitrogen and oxygen atoms in total. The molecular formula is C13H26O2. The number of ether oxygens (including phenoxy) is 1. The first-order valence-corrected chi connectivity index (χ1v) is 6.11. The average Bonchev–Trinajstić information content (AvgIpc) is 2.19. The predicted molar refractivity (Wildman–Crippen MR) is 62.9 cm³/mol. The first kappa shape index (κ1) is 13.0. The molecule has 0 aromatic carbocycles. The SMILES string of the molecule is COCCC(C)C1(O)CCC(C)(C)CC1. The summed E-state index contributed by atoms with van der Waals surface area (Å²) in [6, 6.07) is 0. The van der Waals surface area contributed by atoms with Crippen molar-refractivity contribution in [3.8, 4) is 0 Å². The number of hydrogen-bond acceptors (Lipinski definition) is 2. The highest BCUT2D eigenvalue weighted by Crippen LogP contribution is 2.43. The second-order valence-corrected chi connectivity index (χ2v) is 5.95. The lowest BCUT2D eigenvalue weighted by molar-refractivity contribution is -0.0727. The lowest BCUT2D eigenvalue weighted by Gasteiger charge is -2.43. The number of methoxy groups -OCH3 is 1. The van der Waals surface area contributed by atoms with Gasteiger partial charge < -0.3 is 9.84 Å². The topological polar surface area (TPSA) is 29.5 Å². The minimum atomic E-state index is -0.436. The third kappa shape index (κ3) is 3.46. The van der Waals surface area contributed by atoms with Gasteiger partial charge in [-0.1, -0.05) is 20.8 Å². The van der Waals surface area contributed by atoms with Gasteiger partial charge in [0.2, 0.25) is 0 Å². The highest BCUT2D eigenvalue weighted by Gasteiger charge is 2.39. The number of rotatable bonds is 4. The van der Waals surface area contributed by atoms with Crippen LogP contribution in [0.15, 0.2) is 0 Å². The van der Waals surface area contributed by atoms with E-state index in [0.29, 0.717) is 11.3 Å². The summed E-state index contributed by atoms with van der Waals surface area (Å²) in [5, 5.41) is 10.5. The summed E-state index contributed by atoms with van der Waals surface area (Å²) in [5.41, 5.74) is -0.0126. The van der Waals surface area contributed by atoms with Gasteiger partial charge in [0, 0.05) is 13.7 Å². The zero-order valence-corrected chi connectivity index (χ0v) is 10.7. The second-order valence-electron chi connectivity index (χ2n) is 5.95. The van der Waals surface area contributed by atoms with E-state index in [4.69, 9.17) is 4.74 Å². The first-order chi connectivity index (χ1) is 6.90. The molecule has 0 bridgehead atoms. The number of aliphatic hydroxyl groups is 1. The van der Waals surface area contributed by atoms with Gasteiger partial charge >= 0.3 is 0 Å². The van der Waals surface area contributed by atoms with Crippen molar-refractivity contribution in [1.82, 2.24) is 0 Å². The molecule has 0 heterocycles. The monoisotopic (exact) mass is 214 g/mol. The van der Waals surface area contributed by atoms with E-state index in [2.05, 4.69) is 20.8 Å². The van der Waals surface area contributed by atoms with E-state index in [1.165, 1.54) is 0 Å². The Labute approximate surface area is 94.0 Å². The first-order valence-electron chi connectivity index (χ1n) is 6.11. The minimum Gasteiger partial charge on any atom is -0.390 e. The molecule has 1 N–H and O–H groups in total. The van der Waals surface area contributed by atoms with Crippen molar-refractivity contribution >= 4 is 0 Å². The summed E-state index contributed by atoms with van der Waals surface area (Å²) in [7, 11) is 1.72. The van der Waals surface area contributed by atoms with Crippen LogP contribution in [0, 0.1) is 11.3 Å². The fourth-order valence-electron chi connectivity index (χ4n) is 2.42. The smallest absolute Gasteiger partial charge is 0.0674 e. The lowest BCUT2D eigenvalue weighted by Crippen LogP contribution is -2.42. The maximum absolute atomic E-state index is 10.5. The number of hydrogen-bond donors (Lipinski definition) is 1. The Morgan fingerprint density at radius 2 is 1.73 bits per heavy atom. The summed E-state index contributed by atoms with van der Waals surface area (Å²) >= 11 is 0. The largest absolute Gasteiger partial charge is 0.390 e. The van der Waals surface area contributed by atoms with Crippen LogP contribution < -0.4 is 0 Å². The third-order valence-electron chi connectivity index (χ3n) is 4.14. The molecule has 0 saturated heterocycles. The van der Waals surface area contributed by atoms with E-state index >= 15 is 0 Å². The summed E-state index contributed by atoms with van der Waals surface area (Å²) in [4.78, 5) is 0. The Balaban J connectivity index is 2.46. The van der Waals surface area contributed by atoms with Crippen molar-refractivity contribution in [2.24, 2.45) is 11.3 Å². The fraction of sp³-hybridized carbons (Fsp3) is 1.00. The molecule has 1 aliphatic carbocycles. The quantitative estimate of drug-likeness (QED) is 0.779. The minimum absolute atomic E-state index is 0.355. The molecule has 1 atom stereocenters. The van der Waals surface area contributed by atoms with E-state index in [0.717, 1.165) is 38.7 Å². The maximum atomic E-state index is 10.5. The van der Waals surface area contributed by atoms with Gasteiger partial charge in [-0.2, -0.15) is 0 Å². The van der Waals surface area contributed by atoms with Gasteiger partial charge in [0.05, 0.1) is 5.60 Å². The van der Waals surface area contributed by atoms with Crippen molar-refractivity contribution in [2.75, 3.05) is 13.7 Å². The molecule has 1 saturated carbocycles. The van der Waals surface area contributed by atoms with Crippen molar-refractivity contribution < 1.29 is 9.84 Å². The molecule has 1 rings (SSSR count). The summed E-state index contributed by atoms with van der Waals surface area (Å²) in [5.74, 6) is 0.355. The van der Waals surface area contributed by atoms with Gasteiger partial charge in [0.25, 0.3) is 0 Å². The molecule has 0 aromatic heterocycles. The molecule has 1 aliphatic rings. The fourth-order valence-corrected chi connectivity index (χ4v) is 2.42. The molecule has 90 valence electrons. The highest BCUT2D eigenvalue weighted by molar-refractivity contribution is 4.92. The Morgan fingerprint density at radius 3 is 2.20 bits per heavy atom. The van der Waals surface area contributed by atoms with Crippen molar-refractivity contribution in [1.29, 1.82) is 0 Å². The van der Waals surface area contributed by atoms with Gasteiger partial charge in [-0.05, 0) is 43.4 Å². The Bertz CT molecular complexity index is 189. The Hall–Kier alpha value is -0.0800. The van der Waals surface area contributed by atoms with Gasteiger partial charge in [0.1, 0.15) is 0 Å². The van der Waals surface area contributed by atoms with E-state index in [9.17, 15) is 5.11 Å². The molecule has 0 spiro atoms. The normalized spacial score (nSPS) is 26.2. The van der Waals surface area contributed by atoms with E-state index in [1.54, 1.807) is 7.11 Å². The predicted octanol–water partition coefficient (Wildman–Crippen LogP) is 2.99. The Morgan fingerprint density at radius 1 is 1.20 bits per heavy atom.